The van der Waals surface area contributed by atoms with E-state index in [9.17, 15) is 18.0 Å². The SMILES string of the molecule is COC1(C(F)(F)F)CN(C(=O)CCCl)C1. The number of alkyl halides is 4. The maximum Gasteiger partial charge on any atom is 0.420 e. The van der Waals surface area contributed by atoms with Gasteiger partial charge in [0.25, 0.3) is 0 Å². The van der Waals surface area contributed by atoms with Gasteiger partial charge in [-0.1, -0.05) is 0 Å². The summed E-state index contributed by atoms with van der Waals surface area (Å²) >= 11 is 5.32. The molecule has 3 nitrogen and oxygen atoms in total. The molecule has 88 valence electrons. The minimum atomic E-state index is -4.44. The molecule has 0 spiro atoms. The maximum atomic E-state index is 12.5. The molecule has 0 N–H and O–H groups in total. The number of halogens is 4. The second kappa shape index (κ2) is 4.17. The summed E-state index contributed by atoms with van der Waals surface area (Å²) in [4.78, 5) is 12.3. The zero-order valence-corrected chi connectivity index (χ0v) is 8.86. The van der Waals surface area contributed by atoms with Gasteiger partial charge in [0.1, 0.15) is 0 Å². The van der Waals surface area contributed by atoms with Crippen molar-refractivity contribution in [3.05, 3.63) is 0 Å². The Labute approximate surface area is 90.1 Å². The Bertz CT molecular complexity index is 251. The second-order valence-electron chi connectivity index (χ2n) is 3.38. The summed E-state index contributed by atoms with van der Waals surface area (Å²) in [6.45, 7) is -0.883. The predicted molar refractivity (Wildman–Crippen MR) is 47.7 cm³/mol. The highest BCUT2D eigenvalue weighted by Crippen LogP contribution is 2.40. The van der Waals surface area contributed by atoms with E-state index in [-0.39, 0.29) is 18.2 Å². The highest BCUT2D eigenvalue weighted by molar-refractivity contribution is 6.18. The van der Waals surface area contributed by atoms with Gasteiger partial charge in [-0.3, -0.25) is 4.79 Å². The molecule has 1 heterocycles. The van der Waals surface area contributed by atoms with Crippen LogP contribution in [0.2, 0.25) is 0 Å². The van der Waals surface area contributed by atoms with Crippen molar-refractivity contribution in [1.82, 2.24) is 4.90 Å². The lowest BCUT2D eigenvalue weighted by atomic mass is 9.92. The van der Waals surface area contributed by atoms with Gasteiger partial charge in [-0.05, 0) is 0 Å². The Morgan fingerprint density at radius 1 is 1.53 bits per heavy atom. The van der Waals surface area contributed by atoms with E-state index in [0.29, 0.717) is 0 Å². The highest BCUT2D eigenvalue weighted by atomic mass is 35.5. The minimum absolute atomic E-state index is 0.0548. The van der Waals surface area contributed by atoms with Crippen LogP contribution < -0.4 is 0 Å². The number of carbonyl (C=O) groups is 1. The molecule has 1 aliphatic heterocycles. The van der Waals surface area contributed by atoms with Gasteiger partial charge in [-0.2, -0.15) is 13.2 Å². The van der Waals surface area contributed by atoms with Crippen LogP contribution in [0.5, 0.6) is 0 Å². The minimum Gasteiger partial charge on any atom is -0.365 e. The Kier molecular flexibility index (Phi) is 3.50. The first kappa shape index (κ1) is 12.6. The zero-order valence-electron chi connectivity index (χ0n) is 8.10. The molecule has 0 aromatic rings. The number of ether oxygens (including phenoxy) is 1. The Morgan fingerprint density at radius 3 is 2.40 bits per heavy atom. The van der Waals surface area contributed by atoms with Crippen LogP contribution >= 0.6 is 11.6 Å². The smallest absolute Gasteiger partial charge is 0.365 e. The van der Waals surface area contributed by atoms with Gasteiger partial charge in [0.2, 0.25) is 5.91 Å². The fourth-order valence-electron chi connectivity index (χ4n) is 1.41. The molecule has 1 fully saturated rings. The standard InChI is InChI=1S/C8H11ClF3NO2/c1-15-7(8(10,11)12)4-13(5-7)6(14)2-3-9/h2-5H2,1H3. The Balaban J connectivity index is 2.56. The molecule has 1 saturated heterocycles. The van der Waals surface area contributed by atoms with E-state index >= 15 is 0 Å². The molecule has 0 radical (unpaired) electrons. The number of methoxy groups -OCH3 is 1. The van der Waals surface area contributed by atoms with Crippen molar-refractivity contribution in [3.63, 3.8) is 0 Å². The first-order valence-electron chi connectivity index (χ1n) is 4.32. The van der Waals surface area contributed by atoms with E-state index < -0.39 is 24.9 Å². The third-order valence-electron chi connectivity index (χ3n) is 2.46. The van der Waals surface area contributed by atoms with E-state index in [2.05, 4.69) is 4.74 Å². The fourth-order valence-corrected chi connectivity index (χ4v) is 1.57. The number of hydrogen-bond acceptors (Lipinski definition) is 2. The molecular weight excluding hydrogens is 235 g/mol. The van der Waals surface area contributed by atoms with Gasteiger partial charge < -0.3 is 9.64 Å². The number of nitrogens with zero attached hydrogens (tertiary/aromatic N) is 1. The summed E-state index contributed by atoms with van der Waals surface area (Å²) in [5.74, 6) is -0.261. The van der Waals surface area contributed by atoms with Crippen LogP contribution in [-0.2, 0) is 9.53 Å². The van der Waals surface area contributed by atoms with Gasteiger partial charge in [0.15, 0.2) is 5.60 Å². The first-order chi connectivity index (χ1) is 6.86. The van der Waals surface area contributed by atoms with Crippen LogP contribution in [0.25, 0.3) is 0 Å². The molecule has 1 amide bonds. The largest absolute Gasteiger partial charge is 0.420 e. The molecule has 0 aromatic carbocycles. The van der Waals surface area contributed by atoms with Gasteiger partial charge >= 0.3 is 6.18 Å². The van der Waals surface area contributed by atoms with Gasteiger partial charge in [-0.25, -0.2) is 0 Å². The summed E-state index contributed by atoms with van der Waals surface area (Å²) in [6.07, 6.45) is -4.39. The van der Waals surface area contributed by atoms with E-state index in [4.69, 9.17) is 11.6 Å². The molecule has 0 aromatic heterocycles. The molecule has 7 heteroatoms. The molecule has 1 rings (SSSR count). The molecule has 0 unspecified atom stereocenters. The molecule has 0 saturated carbocycles. The number of likely N-dealkylation sites (tertiary alicyclic amines) is 1. The van der Waals surface area contributed by atoms with Crippen LogP contribution in [0.1, 0.15) is 6.42 Å². The number of amides is 1. The van der Waals surface area contributed by atoms with Crippen LogP contribution in [-0.4, -0.2) is 48.7 Å². The van der Waals surface area contributed by atoms with Gasteiger partial charge in [-0.15, -0.1) is 11.6 Å². The Morgan fingerprint density at radius 2 is 2.07 bits per heavy atom. The van der Waals surface area contributed by atoms with E-state index in [1.165, 1.54) is 0 Å². The third kappa shape index (κ3) is 2.20. The van der Waals surface area contributed by atoms with Crippen molar-refractivity contribution < 1.29 is 22.7 Å². The number of carbonyl (C=O) groups excluding carboxylic acids is 1. The zero-order chi connectivity index (χ0) is 11.7. The summed E-state index contributed by atoms with van der Waals surface area (Å²) in [5, 5.41) is 0. The highest BCUT2D eigenvalue weighted by Gasteiger charge is 2.63. The van der Waals surface area contributed by atoms with Crippen molar-refractivity contribution >= 4 is 17.5 Å². The summed E-state index contributed by atoms with van der Waals surface area (Å²) < 4.78 is 41.9. The summed E-state index contributed by atoms with van der Waals surface area (Å²) in [5.41, 5.74) is -2.19. The monoisotopic (exact) mass is 245 g/mol. The van der Waals surface area contributed by atoms with Crippen LogP contribution in [0.15, 0.2) is 0 Å². The Hall–Kier alpha value is -0.490. The first-order valence-corrected chi connectivity index (χ1v) is 4.85. The fraction of sp³-hybridized carbons (Fsp3) is 0.875. The van der Waals surface area contributed by atoms with Crippen LogP contribution in [0.4, 0.5) is 13.2 Å². The van der Waals surface area contributed by atoms with Crippen molar-refractivity contribution in [1.29, 1.82) is 0 Å². The quantitative estimate of drug-likeness (QED) is 0.704. The normalized spacial score (nSPS) is 19.9. The summed E-state index contributed by atoms with van der Waals surface area (Å²) in [6, 6.07) is 0. The van der Waals surface area contributed by atoms with E-state index in [1.54, 1.807) is 0 Å². The van der Waals surface area contributed by atoms with Crippen molar-refractivity contribution in [2.75, 3.05) is 26.1 Å². The van der Waals surface area contributed by atoms with Crippen molar-refractivity contribution in [3.8, 4) is 0 Å². The molecule has 1 aliphatic rings. The van der Waals surface area contributed by atoms with Crippen LogP contribution in [0.3, 0.4) is 0 Å². The van der Waals surface area contributed by atoms with E-state index in [1.807, 2.05) is 0 Å². The lowest BCUT2D eigenvalue weighted by molar-refractivity contribution is -0.306. The number of rotatable bonds is 3. The predicted octanol–water partition coefficient (Wildman–Crippen LogP) is 1.41. The second-order valence-corrected chi connectivity index (χ2v) is 3.76. The molecular formula is C8H11ClF3NO2. The van der Waals surface area contributed by atoms with Crippen molar-refractivity contribution in [2.24, 2.45) is 0 Å². The third-order valence-corrected chi connectivity index (χ3v) is 2.65. The topological polar surface area (TPSA) is 29.5 Å². The lowest BCUT2D eigenvalue weighted by Gasteiger charge is -2.49. The van der Waals surface area contributed by atoms with E-state index in [0.717, 1.165) is 12.0 Å². The number of hydrogen-bond donors (Lipinski definition) is 0. The summed E-state index contributed by atoms with van der Waals surface area (Å²) in [7, 11) is 0.997. The van der Waals surface area contributed by atoms with Gasteiger partial charge in [0, 0.05) is 19.4 Å². The average Bonchev–Trinajstić information content (AvgIpc) is 2.00. The molecule has 0 aliphatic carbocycles. The van der Waals surface area contributed by atoms with Crippen molar-refractivity contribution in [2.45, 2.75) is 18.2 Å². The molecule has 0 bridgehead atoms. The lowest BCUT2D eigenvalue weighted by Crippen LogP contribution is -2.71. The average molecular weight is 246 g/mol. The molecule has 0 atom stereocenters. The molecule has 15 heavy (non-hydrogen) atoms. The van der Waals surface area contributed by atoms with Gasteiger partial charge in [0.05, 0.1) is 13.1 Å². The van der Waals surface area contributed by atoms with Crippen LogP contribution in [0, 0.1) is 0 Å². The maximum absolute atomic E-state index is 12.5.